The molecule has 0 amide bonds. The van der Waals surface area contributed by atoms with Crippen molar-refractivity contribution in [2.24, 2.45) is 4.99 Å². The smallest absolute Gasteiger partial charge is 0.193 e. The Balaban J connectivity index is 1.37. The van der Waals surface area contributed by atoms with Crippen molar-refractivity contribution in [2.45, 2.75) is 38.3 Å². The van der Waals surface area contributed by atoms with Crippen LogP contribution in [0.3, 0.4) is 0 Å². The Labute approximate surface area is 151 Å². The van der Waals surface area contributed by atoms with E-state index in [0.717, 1.165) is 63.5 Å². The molecule has 1 aromatic heterocycles. The maximum atomic E-state index is 4.91. The summed E-state index contributed by atoms with van der Waals surface area (Å²) in [5, 5.41) is 7.54. The third-order valence-electron chi connectivity index (χ3n) is 5.46. The van der Waals surface area contributed by atoms with Gasteiger partial charge in [0.2, 0.25) is 0 Å². The fourth-order valence-corrected chi connectivity index (χ4v) is 3.87. The molecular formula is C18H32N6O. The van der Waals surface area contributed by atoms with Crippen LogP contribution in [0.15, 0.2) is 21.8 Å². The highest BCUT2D eigenvalue weighted by Crippen LogP contribution is 2.21. The van der Waals surface area contributed by atoms with E-state index in [4.69, 9.17) is 4.52 Å². The van der Waals surface area contributed by atoms with Crippen LogP contribution >= 0.6 is 0 Å². The Kier molecular flexibility index (Phi) is 6.69. The number of guanidine groups is 1. The van der Waals surface area contributed by atoms with E-state index in [1.807, 2.05) is 13.1 Å². The molecule has 0 unspecified atom stereocenters. The molecule has 3 rings (SSSR count). The Morgan fingerprint density at radius 1 is 1.32 bits per heavy atom. The van der Waals surface area contributed by atoms with E-state index < -0.39 is 0 Å². The lowest BCUT2D eigenvalue weighted by atomic mass is 10.2. The molecule has 2 aliphatic rings. The van der Waals surface area contributed by atoms with Crippen LogP contribution in [0.4, 0.5) is 0 Å². The summed E-state index contributed by atoms with van der Waals surface area (Å²) >= 11 is 0. The fraction of sp³-hybridized carbons (Fsp3) is 0.778. The first kappa shape index (κ1) is 18.2. The van der Waals surface area contributed by atoms with Gasteiger partial charge in [0.25, 0.3) is 0 Å². The molecule has 7 heteroatoms. The van der Waals surface area contributed by atoms with Gasteiger partial charge in [0.05, 0.1) is 5.69 Å². The van der Waals surface area contributed by atoms with Crippen LogP contribution in [0.25, 0.3) is 0 Å². The van der Waals surface area contributed by atoms with Crippen molar-refractivity contribution in [1.29, 1.82) is 0 Å². The van der Waals surface area contributed by atoms with Crippen LogP contribution in [-0.4, -0.2) is 85.2 Å². The standard InChI is InChI=1S/C18H32N6O/c1-19-18(20-8-9-22(2)17-5-3-4-6-17)24-12-10-23(11-13-24)15-16-7-14-25-21-16/h7,14,17H,3-6,8-13,15H2,1-2H3,(H,19,20). The van der Waals surface area contributed by atoms with Gasteiger partial charge in [0.15, 0.2) is 5.96 Å². The lowest BCUT2D eigenvalue weighted by Crippen LogP contribution is -2.53. The molecule has 1 aliphatic carbocycles. The Bertz CT molecular complexity index is 518. The third kappa shape index (κ3) is 5.19. The maximum Gasteiger partial charge on any atom is 0.193 e. The summed E-state index contributed by atoms with van der Waals surface area (Å²) in [6, 6.07) is 2.72. The van der Waals surface area contributed by atoms with Crippen LogP contribution in [0.5, 0.6) is 0 Å². The average Bonchev–Trinajstić information content (AvgIpc) is 3.33. The number of rotatable bonds is 6. The summed E-state index contributed by atoms with van der Waals surface area (Å²) in [7, 11) is 4.13. The minimum absolute atomic E-state index is 0.781. The molecule has 0 spiro atoms. The normalized spacial score (nSPS) is 20.6. The predicted molar refractivity (Wildman–Crippen MR) is 99.6 cm³/mol. The van der Waals surface area contributed by atoms with E-state index in [1.165, 1.54) is 25.7 Å². The van der Waals surface area contributed by atoms with Crippen molar-refractivity contribution in [3.8, 4) is 0 Å². The van der Waals surface area contributed by atoms with Crippen molar-refractivity contribution in [3.05, 3.63) is 18.0 Å². The zero-order valence-electron chi connectivity index (χ0n) is 15.7. The van der Waals surface area contributed by atoms with Gasteiger partial charge in [-0.3, -0.25) is 9.89 Å². The van der Waals surface area contributed by atoms with Gasteiger partial charge in [-0.15, -0.1) is 0 Å². The highest BCUT2D eigenvalue weighted by Gasteiger charge is 2.21. The number of nitrogens with zero attached hydrogens (tertiary/aromatic N) is 5. The predicted octanol–water partition coefficient (Wildman–Crippen LogP) is 1.24. The largest absolute Gasteiger partial charge is 0.364 e. The molecular weight excluding hydrogens is 316 g/mol. The van der Waals surface area contributed by atoms with Gasteiger partial charge < -0.3 is 19.6 Å². The average molecular weight is 348 g/mol. The molecule has 7 nitrogen and oxygen atoms in total. The minimum Gasteiger partial charge on any atom is -0.364 e. The molecule has 0 radical (unpaired) electrons. The molecule has 2 fully saturated rings. The van der Waals surface area contributed by atoms with Gasteiger partial charge in [-0.2, -0.15) is 0 Å². The van der Waals surface area contributed by atoms with Gasteiger partial charge in [0, 0.05) is 65.0 Å². The number of hydrogen-bond acceptors (Lipinski definition) is 5. The van der Waals surface area contributed by atoms with E-state index in [-0.39, 0.29) is 0 Å². The van der Waals surface area contributed by atoms with Crippen LogP contribution in [0, 0.1) is 0 Å². The van der Waals surface area contributed by atoms with Gasteiger partial charge in [-0.1, -0.05) is 18.0 Å². The zero-order chi connectivity index (χ0) is 17.5. The van der Waals surface area contributed by atoms with E-state index in [1.54, 1.807) is 6.26 Å². The Morgan fingerprint density at radius 2 is 2.08 bits per heavy atom. The molecule has 1 aromatic rings. The molecule has 0 atom stereocenters. The molecule has 1 saturated carbocycles. The molecule has 1 N–H and O–H groups in total. The van der Waals surface area contributed by atoms with E-state index in [2.05, 4.69) is 37.2 Å². The number of nitrogens with one attached hydrogen (secondary N) is 1. The highest BCUT2D eigenvalue weighted by atomic mass is 16.5. The van der Waals surface area contributed by atoms with Gasteiger partial charge in [-0.25, -0.2) is 0 Å². The van der Waals surface area contributed by atoms with Gasteiger partial charge in [0.1, 0.15) is 6.26 Å². The SMILES string of the molecule is CN=C(NCCN(C)C1CCCC1)N1CCN(Cc2ccon2)CC1. The van der Waals surface area contributed by atoms with Crippen molar-refractivity contribution < 1.29 is 4.52 Å². The molecule has 140 valence electrons. The topological polar surface area (TPSA) is 60.1 Å². The van der Waals surface area contributed by atoms with E-state index in [0.29, 0.717) is 0 Å². The number of piperazine rings is 1. The van der Waals surface area contributed by atoms with E-state index in [9.17, 15) is 0 Å². The van der Waals surface area contributed by atoms with Gasteiger partial charge in [-0.05, 0) is 19.9 Å². The monoisotopic (exact) mass is 348 g/mol. The third-order valence-corrected chi connectivity index (χ3v) is 5.46. The summed E-state index contributed by atoms with van der Waals surface area (Å²) in [5.74, 6) is 1.03. The van der Waals surface area contributed by atoms with Crippen molar-refractivity contribution in [1.82, 2.24) is 25.2 Å². The molecule has 1 aliphatic heterocycles. The number of aliphatic imine (C=N–C) groups is 1. The first-order chi connectivity index (χ1) is 12.3. The summed E-state index contributed by atoms with van der Waals surface area (Å²) in [6.45, 7) is 6.94. The first-order valence-electron chi connectivity index (χ1n) is 9.53. The number of aromatic nitrogens is 1. The van der Waals surface area contributed by atoms with Crippen LogP contribution in [0.2, 0.25) is 0 Å². The van der Waals surface area contributed by atoms with Gasteiger partial charge >= 0.3 is 0 Å². The minimum atomic E-state index is 0.781. The number of likely N-dealkylation sites (N-methyl/N-ethyl adjacent to an activating group) is 1. The highest BCUT2D eigenvalue weighted by molar-refractivity contribution is 5.80. The van der Waals surface area contributed by atoms with Crippen LogP contribution < -0.4 is 5.32 Å². The zero-order valence-corrected chi connectivity index (χ0v) is 15.7. The molecule has 2 heterocycles. The summed E-state index contributed by atoms with van der Waals surface area (Å²) in [6.07, 6.45) is 7.14. The second-order valence-corrected chi connectivity index (χ2v) is 7.15. The second-order valence-electron chi connectivity index (χ2n) is 7.15. The Hall–Kier alpha value is -1.60. The van der Waals surface area contributed by atoms with Crippen LogP contribution in [-0.2, 0) is 6.54 Å². The summed E-state index contributed by atoms with van der Waals surface area (Å²) in [5.41, 5.74) is 1.01. The summed E-state index contributed by atoms with van der Waals surface area (Å²) in [4.78, 5) is 11.7. The van der Waals surface area contributed by atoms with Crippen LogP contribution in [0.1, 0.15) is 31.4 Å². The van der Waals surface area contributed by atoms with Crippen molar-refractivity contribution in [3.63, 3.8) is 0 Å². The second kappa shape index (κ2) is 9.20. The first-order valence-corrected chi connectivity index (χ1v) is 9.53. The molecule has 0 bridgehead atoms. The molecule has 1 saturated heterocycles. The lowest BCUT2D eigenvalue weighted by molar-refractivity contribution is 0.168. The fourth-order valence-electron chi connectivity index (χ4n) is 3.87. The quantitative estimate of drug-likeness (QED) is 0.617. The summed E-state index contributed by atoms with van der Waals surface area (Å²) < 4.78 is 4.91. The van der Waals surface area contributed by atoms with Crippen molar-refractivity contribution in [2.75, 3.05) is 53.4 Å². The lowest BCUT2D eigenvalue weighted by Gasteiger charge is -2.36. The molecule has 0 aromatic carbocycles. The van der Waals surface area contributed by atoms with E-state index >= 15 is 0 Å². The molecule has 25 heavy (non-hydrogen) atoms. The maximum absolute atomic E-state index is 4.91. The Morgan fingerprint density at radius 3 is 2.72 bits per heavy atom. The number of hydrogen-bond donors (Lipinski definition) is 1. The van der Waals surface area contributed by atoms with Crippen molar-refractivity contribution >= 4 is 5.96 Å².